The smallest absolute Gasteiger partial charge is 0.255 e. The van der Waals surface area contributed by atoms with Crippen molar-refractivity contribution in [2.24, 2.45) is 0 Å². The molecular formula is C24H24ClNO3. The van der Waals surface area contributed by atoms with Crippen LogP contribution < -0.4 is 14.8 Å². The fourth-order valence-corrected chi connectivity index (χ4v) is 3.11. The summed E-state index contributed by atoms with van der Waals surface area (Å²) in [6.45, 7) is 6.27. The van der Waals surface area contributed by atoms with Crippen LogP contribution >= 0.6 is 11.6 Å². The van der Waals surface area contributed by atoms with Crippen LogP contribution in [0.25, 0.3) is 0 Å². The molecule has 0 radical (unpaired) electrons. The first-order valence-electron chi connectivity index (χ1n) is 9.32. The summed E-state index contributed by atoms with van der Waals surface area (Å²) in [5, 5.41) is 3.53. The van der Waals surface area contributed by atoms with Gasteiger partial charge in [0, 0.05) is 21.8 Å². The van der Waals surface area contributed by atoms with E-state index in [1.54, 1.807) is 31.4 Å². The Morgan fingerprint density at radius 2 is 1.79 bits per heavy atom. The number of hydrogen-bond acceptors (Lipinski definition) is 3. The van der Waals surface area contributed by atoms with E-state index in [-0.39, 0.29) is 5.91 Å². The molecule has 0 heterocycles. The highest BCUT2D eigenvalue weighted by Gasteiger charge is 2.13. The monoisotopic (exact) mass is 409 g/mol. The predicted molar refractivity (Wildman–Crippen MR) is 117 cm³/mol. The van der Waals surface area contributed by atoms with E-state index in [2.05, 4.69) is 12.2 Å². The third kappa shape index (κ3) is 4.90. The van der Waals surface area contributed by atoms with Crippen molar-refractivity contribution in [3.05, 3.63) is 87.4 Å². The first kappa shape index (κ1) is 20.7. The van der Waals surface area contributed by atoms with Gasteiger partial charge in [0.05, 0.1) is 7.11 Å². The van der Waals surface area contributed by atoms with E-state index in [0.29, 0.717) is 28.6 Å². The molecule has 0 aliphatic rings. The lowest BCUT2D eigenvalue weighted by molar-refractivity contribution is 0.102. The molecule has 0 aliphatic carbocycles. The van der Waals surface area contributed by atoms with Crippen LogP contribution in [0.1, 0.15) is 32.6 Å². The zero-order valence-electron chi connectivity index (χ0n) is 17.0. The summed E-state index contributed by atoms with van der Waals surface area (Å²) in [6.07, 6.45) is 0. The molecule has 0 spiro atoms. The molecule has 1 N–H and O–H groups in total. The average molecular weight is 410 g/mol. The Hall–Kier alpha value is -2.98. The molecule has 0 saturated heterocycles. The van der Waals surface area contributed by atoms with E-state index < -0.39 is 0 Å². The van der Waals surface area contributed by atoms with Gasteiger partial charge < -0.3 is 14.8 Å². The summed E-state index contributed by atoms with van der Waals surface area (Å²) < 4.78 is 11.4. The molecule has 3 rings (SSSR count). The minimum absolute atomic E-state index is 0.217. The van der Waals surface area contributed by atoms with Crippen molar-refractivity contribution in [2.45, 2.75) is 27.4 Å². The third-order valence-corrected chi connectivity index (χ3v) is 5.34. The van der Waals surface area contributed by atoms with Crippen molar-refractivity contribution in [2.75, 3.05) is 12.4 Å². The van der Waals surface area contributed by atoms with Crippen LogP contribution in [-0.4, -0.2) is 13.0 Å². The highest BCUT2D eigenvalue weighted by Crippen LogP contribution is 2.26. The number of halogens is 1. The highest BCUT2D eigenvalue weighted by molar-refractivity contribution is 6.31. The first-order valence-corrected chi connectivity index (χ1v) is 9.70. The maximum atomic E-state index is 12.8. The van der Waals surface area contributed by atoms with E-state index >= 15 is 0 Å². The predicted octanol–water partition coefficient (Wildman–Crippen LogP) is 6.11. The molecule has 0 aliphatic heterocycles. The van der Waals surface area contributed by atoms with Gasteiger partial charge in [-0.15, -0.1) is 0 Å². The van der Waals surface area contributed by atoms with Crippen molar-refractivity contribution in [1.29, 1.82) is 0 Å². The molecular weight excluding hydrogens is 386 g/mol. The molecule has 150 valence electrons. The van der Waals surface area contributed by atoms with Crippen molar-refractivity contribution in [3.63, 3.8) is 0 Å². The SMILES string of the molecule is COc1ccc(C(=O)Nc2cccc(Cl)c2C)cc1COc1ccc(C)c(C)c1. The molecule has 0 fully saturated rings. The van der Waals surface area contributed by atoms with Crippen molar-refractivity contribution in [1.82, 2.24) is 0 Å². The fraction of sp³-hybridized carbons (Fsp3) is 0.208. The van der Waals surface area contributed by atoms with Crippen molar-refractivity contribution >= 4 is 23.2 Å². The molecule has 29 heavy (non-hydrogen) atoms. The van der Waals surface area contributed by atoms with Crippen molar-refractivity contribution in [3.8, 4) is 11.5 Å². The molecule has 0 unspecified atom stereocenters. The van der Waals surface area contributed by atoms with Gasteiger partial charge in [-0.05, 0) is 79.9 Å². The van der Waals surface area contributed by atoms with Gasteiger partial charge in [-0.25, -0.2) is 0 Å². The minimum atomic E-state index is -0.217. The van der Waals surface area contributed by atoms with Crippen molar-refractivity contribution < 1.29 is 14.3 Å². The van der Waals surface area contributed by atoms with Gasteiger partial charge in [-0.1, -0.05) is 23.7 Å². The molecule has 0 saturated carbocycles. The minimum Gasteiger partial charge on any atom is -0.496 e. The zero-order chi connectivity index (χ0) is 21.0. The van der Waals surface area contributed by atoms with Gasteiger partial charge in [-0.2, -0.15) is 0 Å². The number of amides is 1. The Bertz CT molecular complexity index is 1050. The van der Waals surface area contributed by atoms with Crippen LogP contribution in [0.4, 0.5) is 5.69 Å². The summed E-state index contributed by atoms with van der Waals surface area (Å²) in [5.41, 5.74) is 5.20. The number of benzene rings is 3. The number of anilines is 1. The average Bonchev–Trinajstić information content (AvgIpc) is 2.72. The number of rotatable bonds is 6. The van der Waals surface area contributed by atoms with Gasteiger partial charge in [0.25, 0.3) is 5.91 Å². The number of hydrogen-bond donors (Lipinski definition) is 1. The lowest BCUT2D eigenvalue weighted by Gasteiger charge is -2.14. The summed E-state index contributed by atoms with van der Waals surface area (Å²) in [5.74, 6) is 1.23. The molecule has 5 heteroatoms. The largest absolute Gasteiger partial charge is 0.496 e. The van der Waals surface area contributed by atoms with E-state index in [0.717, 1.165) is 16.9 Å². The van der Waals surface area contributed by atoms with E-state index in [1.165, 1.54) is 11.1 Å². The summed E-state index contributed by atoms with van der Waals surface area (Å²) in [6, 6.07) is 16.7. The molecule has 0 aromatic heterocycles. The summed E-state index contributed by atoms with van der Waals surface area (Å²) in [7, 11) is 1.60. The molecule has 1 amide bonds. The third-order valence-electron chi connectivity index (χ3n) is 4.93. The quantitative estimate of drug-likeness (QED) is 0.534. The van der Waals surface area contributed by atoms with Gasteiger partial charge >= 0.3 is 0 Å². The maximum Gasteiger partial charge on any atom is 0.255 e. The summed E-state index contributed by atoms with van der Waals surface area (Å²) in [4.78, 5) is 12.8. The Labute approximate surface area is 176 Å². The number of ether oxygens (including phenoxy) is 2. The molecule has 0 bridgehead atoms. The lowest BCUT2D eigenvalue weighted by atomic mass is 10.1. The normalized spacial score (nSPS) is 10.5. The van der Waals surface area contributed by atoms with E-state index in [1.807, 2.05) is 44.2 Å². The van der Waals surface area contributed by atoms with E-state index in [4.69, 9.17) is 21.1 Å². The second-order valence-electron chi connectivity index (χ2n) is 6.93. The zero-order valence-corrected chi connectivity index (χ0v) is 17.8. The van der Waals surface area contributed by atoms with Gasteiger partial charge in [0.2, 0.25) is 0 Å². The standard InChI is InChI=1S/C24H24ClNO3/c1-15-8-10-20(12-16(15)2)29-14-19-13-18(9-11-23(19)28-4)24(27)26-22-7-5-6-21(25)17(22)3/h5-13H,14H2,1-4H3,(H,26,27). The number of carbonyl (C=O) groups excluding carboxylic acids is 1. The number of methoxy groups -OCH3 is 1. The Balaban J connectivity index is 1.79. The number of nitrogens with one attached hydrogen (secondary N) is 1. The van der Waals surface area contributed by atoms with Crippen LogP contribution in [0.5, 0.6) is 11.5 Å². The van der Waals surface area contributed by atoms with Crippen LogP contribution in [0, 0.1) is 20.8 Å². The fourth-order valence-electron chi connectivity index (χ4n) is 2.93. The number of aryl methyl sites for hydroxylation is 2. The highest BCUT2D eigenvalue weighted by atomic mass is 35.5. The van der Waals surface area contributed by atoms with Crippen LogP contribution in [-0.2, 0) is 6.61 Å². The Kier molecular flexibility index (Phi) is 6.45. The molecule has 3 aromatic carbocycles. The molecule has 0 atom stereocenters. The van der Waals surface area contributed by atoms with Crippen LogP contribution in [0.3, 0.4) is 0 Å². The van der Waals surface area contributed by atoms with Gasteiger partial charge in [-0.3, -0.25) is 4.79 Å². The van der Waals surface area contributed by atoms with E-state index in [9.17, 15) is 4.79 Å². The first-order chi connectivity index (χ1) is 13.9. The van der Waals surface area contributed by atoms with Gasteiger partial charge in [0.1, 0.15) is 18.1 Å². The second-order valence-corrected chi connectivity index (χ2v) is 7.34. The lowest BCUT2D eigenvalue weighted by Crippen LogP contribution is -2.13. The molecule has 4 nitrogen and oxygen atoms in total. The van der Waals surface area contributed by atoms with Gasteiger partial charge in [0.15, 0.2) is 0 Å². The maximum absolute atomic E-state index is 12.8. The number of carbonyl (C=O) groups is 1. The Morgan fingerprint density at radius 1 is 1.00 bits per heavy atom. The molecule has 3 aromatic rings. The summed E-state index contributed by atoms with van der Waals surface area (Å²) >= 11 is 6.14. The topological polar surface area (TPSA) is 47.6 Å². The van der Waals surface area contributed by atoms with Crippen LogP contribution in [0.2, 0.25) is 5.02 Å². The Morgan fingerprint density at radius 3 is 2.52 bits per heavy atom. The van der Waals surface area contributed by atoms with Crippen LogP contribution in [0.15, 0.2) is 54.6 Å². The second kappa shape index (κ2) is 9.01.